The van der Waals surface area contributed by atoms with Gasteiger partial charge in [-0.3, -0.25) is 14.2 Å². The normalized spacial score (nSPS) is 17.7. The van der Waals surface area contributed by atoms with Crippen LogP contribution in [0.1, 0.15) is 21.8 Å². The van der Waals surface area contributed by atoms with E-state index in [2.05, 4.69) is 25.5 Å². The summed E-state index contributed by atoms with van der Waals surface area (Å²) in [4.78, 5) is 34.6. The first-order valence-electron chi connectivity index (χ1n) is 10.7. The topological polar surface area (TPSA) is 102 Å². The van der Waals surface area contributed by atoms with Gasteiger partial charge in [-0.05, 0) is 35.9 Å². The molecule has 0 spiro atoms. The third-order valence-electron chi connectivity index (χ3n) is 5.62. The summed E-state index contributed by atoms with van der Waals surface area (Å²) < 4.78 is 1.69. The summed E-state index contributed by atoms with van der Waals surface area (Å²) in [6, 6.07) is 14.5. The zero-order valence-corrected chi connectivity index (χ0v) is 19.7. The Morgan fingerprint density at radius 2 is 1.86 bits per heavy atom. The van der Waals surface area contributed by atoms with Gasteiger partial charge in [0.15, 0.2) is 0 Å². The average Bonchev–Trinajstić information content (AvgIpc) is 3.40. The number of amidine groups is 1. The molecule has 1 N–H and O–H groups in total. The van der Waals surface area contributed by atoms with E-state index in [0.717, 1.165) is 11.3 Å². The molecule has 1 unspecified atom stereocenters. The van der Waals surface area contributed by atoms with E-state index in [1.807, 2.05) is 30.3 Å². The second-order valence-corrected chi connectivity index (χ2v) is 8.77. The van der Waals surface area contributed by atoms with E-state index in [9.17, 15) is 9.59 Å². The summed E-state index contributed by atoms with van der Waals surface area (Å²) in [6.45, 7) is 0.163. The van der Waals surface area contributed by atoms with Crippen LogP contribution in [0.3, 0.4) is 0 Å². The molecule has 0 saturated carbocycles. The van der Waals surface area contributed by atoms with Crippen LogP contribution in [0.5, 0.6) is 0 Å². The smallest absolute Gasteiger partial charge is 0.280 e. The Kier molecular flexibility index (Phi) is 6.39. The largest absolute Gasteiger partial charge is 0.351 e. The lowest BCUT2D eigenvalue weighted by atomic mass is 9.95. The molecule has 0 radical (unpaired) electrons. The number of alkyl halides is 1. The van der Waals surface area contributed by atoms with Crippen molar-refractivity contribution in [2.24, 2.45) is 9.98 Å². The van der Waals surface area contributed by atoms with Crippen molar-refractivity contribution in [3.05, 3.63) is 101 Å². The fraction of sp³-hybridized carbons (Fsp3) is 0.120. The first-order chi connectivity index (χ1) is 17.0. The Bertz CT molecular complexity index is 1410. The minimum atomic E-state index is -0.449. The third-order valence-corrected chi connectivity index (χ3v) is 6.20. The number of carbonyl (C=O) groups excluding carboxylic acids is 2. The second kappa shape index (κ2) is 9.77. The minimum Gasteiger partial charge on any atom is -0.351 e. The molecule has 174 valence electrons. The fourth-order valence-corrected chi connectivity index (χ4v) is 4.30. The Hall–Kier alpha value is -3.88. The van der Waals surface area contributed by atoms with Gasteiger partial charge in [0, 0.05) is 12.2 Å². The van der Waals surface area contributed by atoms with Crippen LogP contribution < -0.4 is 5.32 Å². The van der Waals surface area contributed by atoms with Gasteiger partial charge in [-0.25, -0.2) is 4.99 Å². The number of hydrogen-bond donors (Lipinski definition) is 1. The number of hydrogen-bond acceptors (Lipinski definition) is 5. The van der Waals surface area contributed by atoms with Crippen LogP contribution in [-0.4, -0.2) is 50.0 Å². The van der Waals surface area contributed by atoms with Crippen molar-refractivity contribution in [1.82, 2.24) is 20.1 Å². The Labute approximate surface area is 210 Å². The second-order valence-electron chi connectivity index (χ2n) is 7.86. The van der Waals surface area contributed by atoms with E-state index >= 15 is 0 Å². The number of aromatic nitrogens is 3. The quantitative estimate of drug-likeness (QED) is 0.514. The summed E-state index contributed by atoms with van der Waals surface area (Å²) in [7, 11) is 0. The van der Waals surface area contributed by atoms with Crippen LogP contribution in [0.4, 0.5) is 0 Å². The fourth-order valence-electron chi connectivity index (χ4n) is 3.84. The molecule has 2 amide bonds. The Balaban J connectivity index is 1.39. The molecule has 8 nitrogen and oxygen atoms in total. The zero-order chi connectivity index (χ0) is 24.4. The third kappa shape index (κ3) is 4.84. The summed E-state index contributed by atoms with van der Waals surface area (Å²) in [6.07, 6.45) is 8.19. The molecule has 1 aliphatic carbocycles. The summed E-state index contributed by atoms with van der Waals surface area (Å²) >= 11 is 12.5. The molecule has 0 bridgehead atoms. The number of carbonyl (C=O) groups is 2. The van der Waals surface area contributed by atoms with Gasteiger partial charge in [-0.15, -0.1) is 21.8 Å². The summed E-state index contributed by atoms with van der Waals surface area (Å²) in [5, 5.41) is 10.4. The standard InChI is InChI=1S/C25H18Cl2N6O2/c26-16-6-9-22-19(10-16)25(35)32-23(31-22)20(15-4-2-1-3-5-15)12-28-24(34)18-8-7-17(11-21(18)27)33-13-29-30-14-33/h1-11,13-14,16,20H,12H2,(H,28,34)/t16?,20-/m0/s1. The van der Waals surface area contributed by atoms with Crippen molar-refractivity contribution in [3.8, 4) is 5.69 Å². The van der Waals surface area contributed by atoms with Gasteiger partial charge < -0.3 is 5.32 Å². The molecular weight excluding hydrogens is 487 g/mol. The molecule has 5 rings (SSSR count). The van der Waals surface area contributed by atoms with Crippen LogP contribution in [0.25, 0.3) is 5.69 Å². The van der Waals surface area contributed by atoms with Gasteiger partial charge in [-0.1, -0.05) is 48.0 Å². The van der Waals surface area contributed by atoms with Gasteiger partial charge >= 0.3 is 0 Å². The van der Waals surface area contributed by atoms with Gasteiger partial charge in [0.05, 0.1) is 33.2 Å². The maximum atomic E-state index is 13.0. The summed E-state index contributed by atoms with van der Waals surface area (Å²) in [5.41, 5.74) is 2.80. The number of benzene rings is 2. The number of rotatable bonds is 6. The molecule has 3 aromatic rings. The number of allylic oxidation sites excluding steroid dienone is 3. The van der Waals surface area contributed by atoms with Crippen molar-refractivity contribution in [3.63, 3.8) is 0 Å². The van der Waals surface area contributed by atoms with Crippen molar-refractivity contribution >= 4 is 46.6 Å². The molecule has 0 fully saturated rings. The highest BCUT2D eigenvalue weighted by Gasteiger charge is 2.29. The van der Waals surface area contributed by atoms with Crippen molar-refractivity contribution < 1.29 is 9.59 Å². The average molecular weight is 505 g/mol. The minimum absolute atomic E-state index is 0.163. The Morgan fingerprint density at radius 1 is 1.09 bits per heavy atom. The molecule has 1 aliphatic heterocycles. The monoisotopic (exact) mass is 504 g/mol. The van der Waals surface area contributed by atoms with Crippen molar-refractivity contribution in [2.75, 3.05) is 6.54 Å². The van der Waals surface area contributed by atoms with Crippen LogP contribution >= 0.6 is 23.2 Å². The number of fused-ring (bicyclic) bond motifs is 1. The number of aliphatic imine (C=N–C) groups is 2. The van der Waals surface area contributed by atoms with Crippen LogP contribution in [0, 0.1) is 0 Å². The molecule has 2 aliphatic rings. The number of nitrogens with zero attached hydrogens (tertiary/aromatic N) is 5. The highest BCUT2D eigenvalue weighted by Crippen LogP contribution is 2.25. The van der Waals surface area contributed by atoms with Gasteiger partial charge in [0.25, 0.3) is 11.8 Å². The predicted molar refractivity (Wildman–Crippen MR) is 135 cm³/mol. The number of halogens is 2. The lowest BCUT2D eigenvalue weighted by Gasteiger charge is -2.22. The molecule has 0 saturated heterocycles. The zero-order valence-electron chi connectivity index (χ0n) is 18.2. The van der Waals surface area contributed by atoms with E-state index in [0.29, 0.717) is 22.7 Å². The first kappa shape index (κ1) is 22.9. The van der Waals surface area contributed by atoms with Gasteiger partial charge in [-0.2, -0.15) is 4.99 Å². The maximum Gasteiger partial charge on any atom is 0.280 e. The van der Waals surface area contributed by atoms with E-state index < -0.39 is 11.8 Å². The number of amides is 2. The van der Waals surface area contributed by atoms with Gasteiger partial charge in [0.2, 0.25) is 0 Å². The van der Waals surface area contributed by atoms with E-state index in [1.165, 1.54) is 0 Å². The number of nitrogens with one attached hydrogen (secondary N) is 1. The van der Waals surface area contributed by atoms with Crippen LogP contribution in [-0.2, 0) is 4.79 Å². The lowest BCUT2D eigenvalue weighted by molar-refractivity contribution is -0.113. The first-order valence-corrected chi connectivity index (χ1v) is 11.5. The van der Waals surface area contributed by atoms with Crippen LogP contribution in [0.2, 0.25) is 5.02 Å². The Morgan fingerprint density at radius 3 is 2.60 bits per heavy atom. The van der Waals surface area contributed by atoms with Crippen molar-refractivity contribution in [1.29, 1.82) is 0 Å². The van der Waals surface area contributed by atoms with Crippen LogP contribution in [0.15, 0.2) is 95.0 Å². The van der Waals surface area contributed by atoms with E-state index in [1.54, 1.807) is 53.6 Å². The highest BCUT2D eigenvalue weighted by molar-refractivity contribution is 6.36. The van der Waals surface area contributed by atoms with Gasteiger partial charge in [0.1, 0.15) is 18.5 Å². The molecule has 1 aromatic heterocycles. The SMILES string of the molecule is O=C1N=C([C@@H](CNC(=O)c2ccc(-n3cnnc3)cc2Cl)c2ccccc2)N=C2C=CC(Cl)C=C12. The molecule has 2 heterocycles. The van der Waals surface area contributed by atoms with E-state index in [-0.39, 0.29) is 22.9 Å². The summed E-state index contributed by atoms with van der Waals surface area (Å²) in [5.74, 6) is -0.889. The van der Waals surface area contributed by atoms with E-state index in [4.69, 9.17) is 23.2 Å². The molecule has 10 heteroatoms. The highest BCUT2D eigenvalue weighted by atomic mass is 35.5. The van der Waals surface area contributed by atoms with Crippen molar-refractivity contribution in [2.45, 2.75) is 11.3 Å². The molecular formula is C25H18Cl2N6O2. The maximum absolute atomic E-state index is 13.0. The lowest BCUT2D eigenvalue weighted by Crippen LogP contribution is -2.34. The molecule has 2 aromatic carbocycles. The molecule has 35 heavy (non-hydrogen) atoms. The predicted octanol–water partition coefficient (Wildman–Crippen LogP) is 3.92. The molecule has 2 atom stereocenters.